The van der Waals surface area contributed by atoms with Crippen molar-refractivity contribution in [2.24, 2.45) is 0 Å². The van der Waals surface area contributed by atoms with Crippen molar-refractivity contribution in [3.63, 3.8) is 0 Å². The van der Waals surface area contributed by atoms with Gasteiger partial charge in [0, 0.05) is 18.3 Å². The zero-order valence-corrected chi connectivity index (χ0v) is 15.6. The van der Waals surface area contributed by atoms with Crippen molar-refractivity contribution in [1.82, 2.24) is 19.3 Å². The lowest BCUT2D eigenvalue weighted by Gasteiger charge is -2.13. The SMILES string of the molecule is CCN(S)C(=O)Nc1ccc2ncc(Nc3ccc(O)c(OC)c3)nc2n1. The summed E-state index contributed by atoms with van der Waals surface area (Å²) in [5, 5.41) is 15.4. The number of rotatable bonds is 5. The summed E-state index contributed by atoms with van der Waals surface area (Å²) in [5.41, 5.74) is 1.61. The molecule has 0 spiro atoms. The van der Waals surface area contributed by atoms with Crippen LogP contribution in [0.1, 0.15) is 6.92 Å². The number of thiol groups is 1. The highest BCUT2D eigenvalue weighted by atomic mass is 32.1. The Kier molecular flexibility index (Phi) is 5.46. The number of aromatic hydroxyl groups is 1. The van der Waals surface area contributed by atoms with Gasteiger partial charge in [0.15, 0.2) is 23.0 Å². The van der Waals surface area contributed by atoms with Crippen LogP contribution in [0.3, 0.4) is 0 Å². The number of nitrogens with zero attached hydrogens (tertiary/aromatic N) is 4. The summed E-state index contributed by atoms with van der Waals surface area (Å²) in [6.45, 7) is 2.26. The molecule has 0 saturated heterocycles. The van der Waals surface area contributed by atoms with Crippen LogP contribution in [-0.2, 0) is 0 Å². The number of hydrogen-bond donors (Lipinski definition) is 4. The number of amides is 2. The van der Waals surface area contributed by atoms with Crippen LogP contribution in [0.15, 0.2) is 36.5 Å². The van der Waals surface area contributed by atoms with Gasteiger partial charge in [-0.1, -0.05) is 12.8 Å². The van der Waals surface area contributed by atoms with E-state index in [2.05, 4.69) is 38.4 Å². The molecule has 140 valence electrons. The third-order valence-electron chi connectivity index (χ3n) is 3.63. The van der Waals surface area contributed by atoms with E-state index in [-0.39, 0.29) is 11.8 Å². The van der Waals surface area contributed by atoms with Gasteiger partial charge in [0.25, 0.3) is 0 Å². The number of pyridine rings is 1. The molecule has 0 atom stereocenters. The highest BCUT2D eigenvalue weighted by Crippen LogP contribution is 2.29. The van der Waals surface area contributed by atoms with Gasteiger partial charge in [-0.05, 0) is 31.2 Å². The van der Waals surface area contributed by atoms with Gasteiger partial charge in [-0.2, -0.15) is 0 Å². The summed E-state index contributed by atoms with van der Waals surface area (Å²) in [7, 11) is 1.47. The largest absolute Gasteiger partial charge is 0.504 e. The Morgan fingerprint density at radius 3 is 2.78 bits per heavy atom. The number of nitrogens with one attached hydrogen (secondary N) is 2. The molecule has 0 unspecified atom stereocenters. The standard InChI is InChI=1S/C17H18N6O3S/c1-3-23(27)17(25)22-14-7-5-11-16(20-14)21-15(9-18-11)19-10-4-6-12(24)13(8-10)26-2/h4-9,24,27H,3H2,1-2H3,(H2,19,20,21,22,25). The van der Waals surface area contributed by atoms with Crippen LogP contribution in [0.25, 0.3) is 11.2 Å². The quantitative estimate of drug-likeness (QED) is 0.393. The first-order valence-electron chi connectivity index (χ1n) is 8.05. The number of anilines is 3. The number of phenols is 1. The maximum absolute atomic E-state index is 11.9. The molecular formula is C17H18N6O3S. The molecule has 0 saturated carbocycles. The van der Waals surface area contributed by atoms with Crippen molar-refractivity contribution in [2.45, 2.75) is 6.92 Å². The molecule has 9 nitrogen and oxygen atoms in total. The van der Waals surface area contributed by atoms with Gasteiger partial charge in [-0.25, -0.2) is 19.7 Å². The fourth-order valence-corrected chi connectivity index (χ4v) is 2.30. The molecule has 0 aliphatic heterocycles. The fourth-order valence-electron chi connectivity index (χ4n) is 2.25. The van der Waals surface area contributed by atoms with Gasteiger partial charge in [0.05, 0.1) is 13.3 Å². The number of urea groups is 1. The summed E-state index contributed by atoms with van der Waals surface area (Å²) in [4.78, 5) is 24.9. The Labute approximate surface area is 161 Å². The Hall–Kier alpha value is -3.27. The molecule has 2 amide bonds. The number of phenolic OH excluding ortho intramolecular Hbond substituents is 1. The van der Waals surface area contributed by atoms with Crippen molar-refractivity contribution in [3.8, 4) is 11.5 Å². The molecule has 27 heavy (non-hydrogen) atoms. The molecule has 1 aromatic carbocycles. The maximum atomic E-state index is 11.9. The number of benzene rings is 1. The number of fused-ring (bicyclic) bond motifs is 1. The van der Waals surface area contributed by atoms with Crippen LogP contribution in [-0.4, -0.2) is 44.0 Å². The predicted octanol–water partition coefficient (Wildman–Crippen LogP) is 3.18. The monoisotopic (exact) mass is 386 g/mol. The molecule has 3 aromatic rings. The molecule has 2 aromatic heterocycles. The summed E-state index contributed by atoms with van der Waals surface area (Å²) < 4.78 is 6.32. The number of methoxy groups -OCH3 is 1. The zero-order valence-electron chi connectivity index (χ0n) is 14.7. The van der Waals surface area contributed by atoms with E-state index in [0.29, 0.717) is 40.8 Å². The minimum absolute atomic E-state index is 0.0417. The van der Waals surface area contributed by atoms with E-state index in [4.69, 9.17) is 4.74 Å². The van der Waals surface area contributed by atoms with Crippen molar-refractivity contribution in [1.29, 1.82) is 0 Å². The van der Waals surface area contributed by atoms with Gasteiger partial charge in [0.1, 0.15) is 11.3 Å². The zero-order chi connectivity index (χ0) is 19.4. The van der Waals surface area contributed by atoms with E-state index < -0.39 is 0 Å². The number of hydrogen-bond acceptors (Lipinski definition) is 8. The number of carbonyl (C=O) groups excluding carboxylic acids is 1. The molecule has 0 aliphatic carbocycles. The minimum atomic E-state index is -0.383. The summed E-state index contributed by atoms with van der Waals surface area (Å²) in [6, 6.07) is 7.80. The molecule has 2 heterocycles. The number of ether oxygens (including phenoxy) is 1. The first kappa shape index (κ1) is 18.5. The molecule has 0 radical (unpaired) electrons. The van der Waals surface area contributed by atoms with Crippen LogP contribution in [0.2, 0.25) is 0 Å². The number of carbonyl (C=O) groups is 1. The molecule has 0 fully saturated rings. The third-order valence-corrected chi connectivity index (χ3v) is 4.09. The third kappa shape index (κ3) is 4.29. The normalized spacial score (nSPS) is 10.5. The van der Waals surface area contributed by atoms with Crippen LogP contribution in [0, 0.1) is 0 Å². The van der Waals surface area contributed by atoms with E-state index in [0.717, 1.165) is 0 Å². The first-order valence-corrected chi connectivity index (χ1v) is 8.45. The highest BCUT2D eigenvalue weighted by Gasteiger charge is 2.10. The van der Waals surface area contributed by atoms with Crippen molar-refractivity contribution in [2.75, 3.05) is 24.3 Å². The summed E-state index contributed by atoms with van der Waals surface area (Å²) in [5.74, 6) is 1.18. The van der Waals surface area contributed by atoms with Crippen LogP contribution >= 0.6 is 12.8 Å². The molecule has 3 N–H and O–H groups in total. The van der Waals surface area contributed by atoms with Crippen LogP contribution in [0.4, 0.5) is 22.1 Å². The Bertz CT molecular complexity index is 984. The van der Waals surface area contributed by atoms with Crippen molar-refractivity contribution in [3.05, 3.63) is 36.5 Å². The summed E-state index contributed by atoms with van der Waals surface area (Å²) >= 11 is 4.05. The smallest absolute Gasteiger partial charge is 0.332 e. The lowest BCUT2D eigenvalue weighted by atomic mass is 10.2. The second-order valence-corrected chi connectivity index (χ2v) is 5.93. The molecule has 0 aliphatic rings. The predicted molar refractivity (Wildman–Crippen MR) is 106 cm³/mol. The van der Waals surface area contributed by atoms with Gasteiger partial charge >= 0.3 is 6.03 Å². The number of aromatic nitrogens is 3. The fraction of sp³-hybridized carbons (Fsp3) is 0.176. The second-order valence-electron chi connectivity index (χ2n) is 5.45. The minimum Gasteiger partial charge on any atom is -0.504 e. The Balaban J connectivity index is 1.84. The molecule has 0 bridgehead atoms. The Morgan fingerprint density at radius 2 is 2.04 bits per heavy atom. The van der Waals surface area contributed by atoms with Crippen LogP contribution in [0.5, 0.6) is 11.5 Å². The van der Waals surface area contributed by atoms with E-state index in [1.54, 1.807) is 30.5 Å². The van der Waals surface area contributed by atoms with E-state index in [9.17, 15) is 9.90 Å². The van der Waals surface area contributed by atoms with Gasteiger partial charge < -0.3 is 15.2 Å². The average Bonchev–Trinajstić information content (AvgIpc) is 2.68. The summed E-state index contributed by atoms with van der Waals surface area (Å²) in [6.07, 6.45) is 1.56. The highest BCUT2D eigenvalue weighted by molar-refractivity contribution is 7.78. The average molecular weight is 386 g/mol. The lowest BCUT2D eigenvalue weighted by molar-refractivity contribution is 0.240. The molecular weight excluding hydrogens is 368 g/mol. The topological polar surface area (TPSA) is 113 Å². The Morgan fingerprint density at radius 1 is 1.26 bits per heavy atom. The van der Waals surface area contributed by atoms with E-state index >= 15 is 0 Å². The molecule has 10 heteroatoms. The first-order chi connectivity index (χ1) is 13.0. The van der Waals surface area contributed by atoms with Crippen molar-refractivity contribution < 1.29 is 14.6 Å². The van der Waals surface area contributed by atoms with Crippen LogP contribution < -0.4 is 15.4 Å². The second kappa shape index (κ2) is 7.96. The maximum Gasteiger partial charge on any atom is 0.332 e. The van der Waals surface area contributed by atoms with Gasteiger partial charge in [-0.15, -0.1) is 0 Å². The van der Waals surface area contributed by atoms with E-state index in [1.165, 1.54) is 17.5 Å². The lowest BCUT2D eigenvalue weighted by Crippen LogP contribution is -2.27. The van der Waals surface area contributed by atoms with E-state index in [1.807, 2.05) is 6.92 Å². The van der Waals surface area contributed by atoms with Gasteiger partial charge in [0.2, 0.25) is 0 Å². The van der Waals surface area contributed by atoms with Gasteiger partial charge in [-0.3, -0.25) is 9.62 Å². The van der Waals surface area contributed by atoms with Crippen molar-refractivity contribution >= 4 is 47.3 Å². The molecule has 3 rings (SSSR count).